The van der Waals surface area contributed by atoms with Crippen LogP contribution in [0.3, 0.4) is 0 Å². The predicted octanol–water partition coefficient (Wildman–Crippen LogP) is 3.79. The van der Waals surface area contributed by atoms with Crippen LogP contribution in [0, 0.1) is 13.5 Å². The van der Waals surface area contributed by atoms with E-state index < -0.39 is 17.8 Å². The maximum absolute atomic E-state index is 13.8. The van der Waals surface area contributed by atoms with Crippen molar-refractivity contribution in [3.8, 4) is 6.01 Å². The molecule has 5 heterocycles. The largest absolute Gasteiger partial charge is 0.462 e. The Morgan fingerprint density at radius 2 is 2.02 bits per heavy atom. The van der Waals surface area contributed by atoms with Crippen molar-refractivity contribution in [2.24, 2.45) is 0 Å². The average Bonchev–Trinajstić information content (AvgIpc) is 3.43. The van der Waals surface area contributed by atoms with Crippen LogP contribution in [0.1, 0.15) is 29.8 Å². The second kappa shape index (κ2) is 12.1. The third-order valence-electron chi connectivity index (χ3n) is 8.98. The number of likely N-dealkylation sites (tertiary alicyclic amines) is 1. The van der Waals surface area contributed by atoms with E-state index in [1.807, 2.05) is 19.2 Å². The highest BCUT2D eigenvalue weighted by molar-refractivity contribution is 5.96. The fourth-order valence-electron chi connectivity index (χ4n) is 6.66. The van der Waals surface area contributed by atoms with Gasteiger partial charge in [-0.2, -0.15) is 9.97 Å². The third-order valence-corrected chi connectivity index (χ3v) is 8.98. The number of halogens is 1. The Labute approximate surface area is 251 Å². The maximum atomic E-state index is 13.8. The van der Waals surface area contributed by atoms with E-state index in [1.54, 1.807) is 0 Å². The van der Waals surface area contributed by atoms with Crippen LogP contribution in [0.5, 0.6) is 6.01 Å². The van der Waals surface area contributed by atoms with Crippen molar-refractivity contribution in [2.45, 2.75) is 44.8 Å². The van der Waals surface area contributed by atoms with Crippen molar-refractivity contribution >= 4 is 28.2 Å². The number of pyridine rings is 1. The number of nitrogens with zero attached hydrogens (tertiary/aromatic N) is 8. The zero-order chi connectivity index (χ0) is 30.1. The van der Waals surface area contributed by atoms with Gasteiger partial charge in [0.15, 0.2) is 5.83 Å². The van der Waals surface area contributed by atoms with Crippen LogP contribution in [0.4, 0.5) is 15.9 Å². The molecule has 224 valence electrons. The minimum Gasteiger partial charge on any atom is -0.462 e. The number of carbonyl (C=O) groups excluding carboxylic acids is 1. The molecule has 2 fully saturated rings. The Morgan fingerprint density at radius 3 is 2.79 bits per heavy atom. The molecule has 3 aromatic rings. The quantitative estimate of drug-likeness (QED) is 0.307. The van der Waals surface area contributed by atoms with Crippen LogP contribution in [0.15, 0.2) is 42.9 Å². The molecule has 2 saturated heterocycles. The Bertz CT molecular complexity index is 1580. The second-order valence-electron chi connectivity index (χ2n) is 11.6. The molecule has 0 bridgehead atoms. The Kier molecular flexibility index (Phi) is 8.13. The molecule has 10 nitrogen and oxygen atoms in total. The van der Waals surface area contributed by atoms with Gasteiger partial charge in [-0.25, -0.2) is 11.0 Å². The lowest BCUT2D eigenvalue weighted by Gasteiger charge is -2.41. The minimum absolute atomic E-state index is 0.0718. The van der Waals surface area contributed by atoms with Crippen LogP contribution in [-0.2, 0) is 17.8 Å². The zero-order valence-corrected chi connectivity index (χ0v) is 24.8. The number of amides is 1. The van der Waals surface area contributed by atoms with Crippen LogP contribution in [-0.4, -0.2) is 95.7 Å². The van der Waals surface area contributed by atoms with E-state index in [0.29, 0.717) is 38.3 Å². The van der Waals surface area contributed by atoms with Crippen molar-refractivity contribution in [2.75, 3.05) is 62.7 Å². The molecule has 0 radical (unpaired) electrons. The summed E-state index contributed by atoms with van der Waals surface area (Å²) in [5.74, 6) is -0.982. The molecule has 0 aliphatic carbocycles. The smallest absolute Gasteiger partial charge is 0.318 e. The summed E-state index contributed by atoms with van der Waals surface area (Å²) in [7, 11) is 2.11. The summed E-state index contributed by atoms with van der Waals surface area (Å²) in [5.41, 5.74) is 4.07. The van der Waals surface area contributed by atoms with Crippen molar-refractivity contribution in [3.05, 3.63) is 71.2 Å². The highest BCUT2D eigenvalue weighted by Gasteiger charge is 2.36. The standard InChI is InChI=1S/C32H37FN8O2/c1-21(33)31(42)41-16-15-40(18-25(41)17-34-3)30-26-11-14-39(28-9-5-7-23-10-12-35-22(2)29(23)28)19-27(26)36-32(37-30)43-20-24-8-6-13-38(24)4/h5,7,9-10,12,24-25H,1,6,8,11,13-20H2,2,4H3/t24-,25-/m0/s1. The Hall–Kier alpha value is -4.30. The normalized spacial score (nSPS) is 20.7. The van der Waals surface area contributed by atoms with Gasteiger partial charge in [0.05, 0.1) is 12.2 Å². The van der Waals surface area contributed by atoms with E-state index in [1.165, 1.54) is 4.90 Å². The molecule has 0 saturated carbocycles. The van der Waals surface area contributed by atoms with Gasteiger partial charge in [0, 0.05) is 60.7 Å². The highest BCUT2D eigenvalue weighted by atomic mass is 19.1. The first-order chi connectivity index (χ1) is 20.8. The molecule has 2 aromatic heterocycles. The van der Waals surface area contributed by atoms with E-state index in [9.17, 15) is 9.18 Å². The topological polar surface area (TPSA) is 82.3 Å². The molecular weight excluding hydrogens is 547 g/mol. The number of piperazine rings is 1. The first-order valence-electron chi connectivity index (χ1n) is 14.9. The first kappa shape index (κ1) is 28.8. The lowest BCUT2D eigenvalue weighted by molar-refractivity contribution is -0.131. The van der Waals surface area contributed by atoms with Gasteiger partial charge in [0.25, 0.3) is 5.91 Å². The molecule has 3 aliphatic heterocycles. The van der Waals surface area contributed by atoms with Crippen LogP contribution in [0.2, 0.25) is 0 Å². The summed E-state index contributed by atoms with van der Waals surface area (Å²) >= 11 is 0. The number of likely N-dealkylation sites (N-methyl/N-ethyl adjacent to an activating group) is 1. The highest BCUT2D eigenvalue weighted by Crippen LogP contribution is 2.35. The fourth-order valence-corrected chi connectivity index (χ4v) is 6.66. The van der Waals surface area contributed by atoms with Crippen molar-refractivity contribution < 1.29 is 13.9 Å². The number of aryl methyl sites for hydroxylation is 1. The van der Waals surface area contributed by atoms with Crippen molar-refractivity contribution in [3.63, 3.8) is 0 Å². The summed E-state index contributed by atoms with van der Waals surface area (Å²) in [6.07, 6.45) is 4.78. The number of benzene rings is 1. The number of anilines is 2. The molecule has 0 spiro atoms. The van der Waals surface area contributed by atoms with E-state index in [-0.39, 0.29) is 13.1 Å². The van der Waals surface area contributed by atoms with Gasteiger partial charge < -0.3 is 29.2 Å². The van der Waals surface area contributed by atoms with Gasteiger partial charge in [-0.15, -0.1) is 0 Å². The van der Waals surface area contributed by atoms with Gasteiger partial charge >= 0.3 is 6.01 Å². The molecule has 1 aromatic carbocycles. The number of carbonyl (C=O) groups is 1. The van der Waals surface area contributed by atoms with Crippen LogP contribution < -0.4 is 14.5 Å². The lowest BCUT2D eigenvalue weighted by atomic mass is 10.0. The van der Waals surface area contributed by atoms with Crippen molar-refractivity contribution in [1.29, 1.82) is 0 Å². The number of rotatable bonds is 7. The molecule has 1 amide bonds. The number of fused-ring (bicyclic) bond motifs is 2. The molecule has 2 atom stereocenters. The van der Waals surface area contributed by atoms with Crippen LogP contribution in [0.25, 0.3) is 15.6 Å². The summed E-state index contributed by atoms with van der Waals surface area (Å²) in [4.78, 5) is 38.7. The SMILES string of the molecule is [C-]#[N+]C[C@H]1CN(c2nc(OC[C@@H]3CCCN3C)nc3c2CCN(c2cccc4ccnc(C)c24)C3)CCN1C(=O)C(=C)F. The number of hydrogen-bond donors (Lipinski definition) is 0. The molecule has 11 heteroatoms. The minimum atomic E-state index is -1.01. The first-order valence-corrected chi connectivity index (χ1v) is 14.9. The molecule has 0 unspecified atom stereocenters. The number of aromatic nitrogens is 3. The van der Waals surface area contributed by atoms with E-state index >= 15 is 0 Å². The zero-order valence-electron chi connectivity index (χ0n) is 24.8. The Morgan fingerprint density at radius 1 is 1.16 bits per heavy atom. The van der Waals surface area contributed by atoms with Gasteiger partial charge in [0.1, 0.15) is 18.5 Å². The molecule has 0 N–H and O–H groups in total. The van der Waals surface area contributed by atoms with Gasteiger partial charge in [0.2, 0.25) is 6.54 Å². The van der Waals surface area contributed by atoms with E-state index in [0.717, 1.165) is 71.6 Å². The Balaban J connectivity index is 1.34. The summed E-state index contributed by atoms with van der Waals surface area (Å²) < 4.78 is 20.1. The van der Waals surface area contributed by atoms with Crippen molar-refractivity contribution in [1.82, 2.24) is 24.8 Å². The summed E-state index contributed by atoms with van der Waals surface area (Å²) in [6, 6.07) is 8.55. The summed E-state index contributed by atoms with van der Waals surface area (Å²) in [6.45, 7) is 16.8. The molecule has 3 aliphatic rings. The van der Waals surface area contributed by atoms with Gasteiger partial charge in [-0.1, -0.05) is 18.7 Å². The maximum Gasteiger partial charge on any atom is 0.318 e. The van der Waals surface area contributed by atoms with Gasteiger partial charge in [-0.3, -0.25) is 9.78 Å². The monoisotopic (exact) mass is 584 g/mol. The third kappa shape index (κ3) is 5.71. The summed E-state index contributed by atoms with van der Waals surface area (Å²) in [5, 5.41) is 2.29. The molecule has 6 rings (SSSR count). The lowest BCUT2D eigenvalue weighted by Crippen LogP contribution is -2.57. The molecular formula is C32H37FN8O2. The molecule has 43 heavy (non-hydrogen) atoms. The number of ether oxygens (including phenoxy) is 1. The second-order valence-corrected chi connectivity index (χ2v) is 11.6. The average molecular weight is 585 g/mol. The van der Waals surface area contributed by atoms with Crippen LogP contribution >= 0.6 is 0 Å². The van der Waals surface area contributed by atoms with Gasteiger partial charge in [-0.05, 0) is 57.3 Å². The predicted molar refractivity (Wildman–Crippen MR) is 164 cm³/mol. The van der Waals surface area contributed by atoms with E-state index in [2.05, 4.69) is 56.4 Å². The van der Waals surface area contributed by atoms with E-state index in [4.69, 9.17) is 21.3 Å². The fraction of sp³-hybridized carbons (Fsp3) is 0.469. The number of hydrogen-bond acceptors (Lipinski definition) is 8.